The summed E-state index contributed by atoms with van der Waals surface area (Å²) >= 11 is 0. The molecule has 0 aliphatic rings. The molecule has 0 amide bonds. The molecule has 0 bridgehead atoms. The minimum atomic E-state index is -0.474. The Morgan fingerprint density at radius 2 is 2.33 bits per heavy atom. The Balaban J connectivity index is 2.67. The molecule has 0 saturated carbocycles. The minimum Gasteiger partial charge on any atom is -0.388 e. The summed E-state index contributed by atoms with van der Waals surface area (Å²) in [6, 6.07) is 7.74. The number of terminal acetylenes is 1. The van der Waals surface area contributed by atoms with Crippen molar-refractivity contribution in [2.75, 3.05) is 7.11 Å². The molecule has 0 fully saturated rings. The van der Waals surface area contributed by atoms with Crippen molar-refractivity contribution in [1.82, 2.24) is 0 Å². The van der Waals surface area contributed by atoms with Crippen LogP contribution in [0, 0.1) is 12.3 Å². The van der Waals surface area contributed by atoms with E-state index in [0.717, 1.165) is 11.1 Å². The van der Waals surface area contributed by atoms with Gasteiger partial charge in [0.25, 0.3) is 0 Å². The van der Waals surface area contributed by atoms with E-state index in [-0.39, 0.29) is 0 Å². The Kier molecular flexibility index (Phi) is 4.89. The second-order valence-electron chi connectivity index (χ2n) is 3.44. The van der Waals surface area contributed by atoms with Crippen molar-refractivity contribution in [2.24, 2.45) is 0 Å². The third-order valence-corrected chi connectivity index (χ3v) is 2.21. The summed E-state index contributed by atoms with van der Waals surface area (Å²) in [5, 5.41) is 9.81. The van der Waals surface area contributed by atoms with Gasteiger partial charge in [-0.1, -0.05) is 24.3 Å². The molecule has 15 heavy (non-hydrogen) atoms. The maximum Gasteiger partial charge on any atom is 0.0799 e. The Bertz CT molecular complexity index is 339. The molecule has 1 aromatic carbocycles. The standard InChI is InChI=1S/C13H16O2/c1-3-4-8-13(14)12-7-5-6-11(9-12)10-15-2/h1,5-7,9,13-14H,4,8,10H2,2H3. The Morgan fingerprint density at radius 3 is 3.00 bits per heavy atom. The van der Waals surface area contributed by atoms with Gasteiger partial charge in [-0.2, -0.15) is 0 Å². The minimum absolute atomic E-state index is 0.474. The van der Waals surface area contributed by atoms with Crippen LogP contribution in [-0.4, -0.2) is 12.2 Å². The molecule has 1 rings (SSSR count). The highest BCUT2D eigenvalue weighted by Crippen LogP contribution is 2.19. The Labute approximate surface area is 90.9 Å². The van der Waals surface area contributed by atoms with E-state index in [0.29, 0.717) is 19.4 Å². The highest BCUT2D eigenvalue weighted by atomic mass is 16.5. The number of hydrogen-bond donors (Lipinski definition) is 1. The first-order chi connectivity index (χ1) is 7.27. The zero-order valence-corrected chi connectivity index (χ0v) is 8.94. The van der Waals surface area contributed by atoms with Gasteiger partial charge in [0, 0.05) is 13.5 Å². The molecule has 0 aromatic heterocycles. The van der Waals surface area contributed by atoms with Crippen molar-refractivity contribution in [1.29, 1.82) is 0 Å². The third kappa shape index (κ3) is 3.75. The summed E-state index contributed by atoms with van der Waals surface area (Å²) in [5.74, 6) is 2.52. The molecule has 1 N–H and O–H groups in total. The SMILES string of the molecule is C#CCCC(O)c1cccc(COC)c1. The predicted molar refractivity (Wildman–Crippen MR) is 60.2 cm³/mol. The summed E-state index contributed by atoms with van der Waals surface area (Å²) in [5.41, 5.74) is 1.97. The van der Waals surface area contributed by atoms with Gasteiger partial charge in [0.2, 0.25) is 0 Å². The van der Waals surface area contributed by atoms with Crippen molar-refractivity contribution in [3.8, 4) is 12.3 Å². The fourth-order valence-corrected chi connectivity index (χ4v) is 1.44. The lowest BCUT2D eigenvalue weighted by molar-refractivity contribution is 0.167. The van der Waals surface area contributed by atoms with E-state index < -0.39 is 6.10 Å². The van der Waals surface area contributed by atoms with Crippen LogP contribution >= 0.6 is 0 Å². The first-order valence-corrected chi connectivity index (χ1v) is 4.97. The highest BCUT2D eigenvalue weighted by Gasteiger charge is 2.06. The second-order valence-corrected chi connectivity index (χ2v) is 3.44. The van der Waals surface area contributed by atoms with Crippen molar-refractivity contribution < 1.29 is 9.84 Å². The van der Waals surface area contributed by atoms with Crippen LogP contribution in [-0.2, 0) is 11.3 Å². The number of hydrogen-bond acceptors (Lipinski definition) is 2. The molecule has 1 aromatic rings. The van der Waals surface area contributed by atoms with Crippen LogP contribution in [0.25, 0.3) is 0 Å². The van der Waals surface area contributed by atoms with Gasteiger partial charge in [0.05, 0.1) is 12.7 Å². The van der Waals surface area contributed by atoms with Crippen LogP contribution in [0.1, 0.15) is 30.1 Å². The molecular formula is C13H16O2. The Hall–Kier alpha value is -1.30. The van der Waals surface area contributed by atoms with Gasteiger partial charge >= 0.3 is 0 Å². The molecule has 0 spiro atoms. The summed E-state index contributed by atoms with van der Waals surface area (Å²) < 4.78 is 5.03. The van der Waals surface area contributed by atoms with Crippen molar-refractivity contribution in [3.05, 3.63) is 35.4 Å². The number of aliphatic hydroxyl groups is 1. The lowest BCUT2D eigenvalue weighted by atomic mass is 10.0. The van der Waals surface area contributed by atoms with Gasteiger partial charge in [-0.15, -0.1) is 12.3 Å². The molecule has 0 heterocycles. The van der Waals surface area contributed by atoms with Crippen LogP contribution < -0.4 is 0 Å². The average Bonchev–Trinajstić information content (AvgIpc) is 2.27. The molecule has 0 radical (unpaired) electrons. The molecule has 1 unspecified atom stereocenters. The number of methoxy groups -OCH3 is 1. The number of aliphatic hydroxyl groups excluding tert-OH is 1. The topological polar surface area (TPSA) is 29.5 Å². The predicted octanol–water partition coefficient (Wildman–Crippen LogP) is 2.28. The Morgan fingerprint density at radius 1 is 1.53 bits per heavy atom. The van der Waals surface area contributed by atoms with Crippen LogP contribution in [0.3, 0.4) is 0 Å². The highest BCUT2D eigenvalue weighted by molar-refractivity contribution is 5.24. The molecule has 0 aliphatic carbocycles. The molecular weight excluding hydrogens is 188 g/mol. The summed E-state index contributed by atoms with van der Waals surface area (Å²) in [6.45, 7) is 0.565. The van der Waals surface area contributed by atoms with E-state index in [2.05, 4.69) is 5.92 Å². The van der Waals surface area contributed by atoms with Crippen molar-refractivity contribution in [2.45, 2.75) is 25.6 Å². The van der Waals surface area contributed by atoms with Crippen molar-refractivity contribution >= 4 is 0 Å². The van der Waals surface area contributed by atoms with Gasteiger partial charge < -0.3 is 9.84 Å². The third-order valence-electron chi connectivity index (χ3n) is 2.21. The maximum atomic E-state index is 9.81. The van der Waals surface area contributed by atoms with Crippen LogP contribution in [0.4, 0.5) is 0 Å². The summed E-state index contributed by atoms with van der Waals surface area (Å²) in [7, 11) is 1.65. The normalized spacial score (nSPS) is 12.1. The zero-order chi connectivity index (χ0) is 11.1. The fraction of sp³-hybridized carbons (Fsp3) is 0.385. The van der Waals surface area contributed by atoms with Crippen LogP contribution in [0.15, 0.2) is 24.3 Å². The quantitative estimate of drug-likeness (QED) is 0.746. The fourth-order valence-electron chi connectivity index (χ4n) is 1.44. The van der Waals surface area contributed by atoms with Gasteiger partial charge in [0.15, 0.2) is 0 Å². The van der Waals surface area contributed by atoms with E-state index >= 15 is 0 Å². The molecule has 80 valence electrons. The van der Waals surface area contributed by atoms with Crippen LogP contribution in [0.2, 0.25) is 0 Å². The van der Waals surface area contributed by atoms with Gasteiger partial charge in [0.1, 0.15) is 0 Å². The average molecular weight is 204 g/mol. The molecule has 1 atom stereocenters. The van der Waals surface area contributed by atoms with Gasteiger partial charge in [-0.25, -0.2) is 0 Å². The first-order valence-electron chi connectivity index (χ1n) is 4.97. The smallest absolute Gasteiger partial charge is 0.0799 e. The first kappa shape index (κ1) is 11.8. The lowest BCUT2D eigenvalue weighted by Gasteiger charge is -2.10. The summed E-state index contributed by atoms with van der Waals surface area (Å²) in [4.78, 5) is 0. The van der Waals surface area contributed by atoms with Crippen molar-refractivity contribution in [3.63, 3.8) is 0 Å². The van der Waals surface area contributed by atoms with E-state index in [4.69, 9.17) is 11.2 Å². The van der Waals surface area contributed by atoms with Gasteiger partial charge in [-0.05, 0) is 17.5 Å². The van der Waals surface area contributed by atoms with Crippen LogP contribution in [0.5, 0.6) is 0 Å². The molecule has 0 aliphatic heterocycles. The second kappa shape index (κ2) is 6.23. The van der Waals surface area contributed by atoms with E-state index in [1.54, 1.807) is 7.11 Å². The molecule has 0 saturated heterocycles. The number of benzene rings is 1. The monoisotopic (exact) mass is 204 g/mol. The molecule has 2 heteroatoms. The van der Waals surface area contributed by atoms with E-state index in [9.17, 15) is 5.11 Å². The number of rotatable bonds is 5. The summed E-state index contributed by atoms with van der Waals surface area (Å²) in [6.07, 6.45) is 5.87. The maximum absolute atomic E-state index is 9.81. The molecule has 2 nitrogen and oxygen atoms in total. The number of ether oxygens (including phenoxy) is 1. The van der Waals surface area contributed by atoms with E-state index in [1.807, 2.05) is 24.3 Å². The van der Waals surface area contributed by atoms with Gasteiger partial charge in [-0.3, -0.25) is 0 Å². The zero-order valence-electron chi connectivity index (χ0n) is 8.94. The largest absolute Gasteiger partial charge is 0.388 e. The lowest BCUT2D eigenvalue weighted by Crippen LogP contribution is -1.98. The van der Waals surface area contributed by atoms with E-state index in [1.165, 1.54) is 0 Å².